The topological polar surface area (TPSA) is 82.1 Å². The summed E-state index contributed by atoms with van der Waals surface area (Å²) < 4.78 is 2.54. The van der Waals surface area contributed by atoms with Gasteiger partial charge < -0.3 is 11.1 Å². The monoisotopic (exact) mass is 252 g/mol. The average molecular weight is 252 g/mol. The van der Waals surface area contributed by atoms with Gasteiger partial charge >= 0.3 is 5.69 Å². The molecule has 2 unspecified atom stereocenters. The number of nitrogens with zero attached hydrogens (tertiary/aromatic N) is 2. The molecule has 1 aromatic heterocycles. The Morgan fingerprint density at radius 3 is 2.56 bits per heavy atom. The van der Waals surface area contributed by atoms with Gasteiger partial charge in [0, 0.05) is 32.2 Å². The van der Waals surface area contributed by atoms with E-state index >= 15 is 0 Å². The van der Waals surface area contributed by atoms with E-state index in [-0.39, 0.29) is 23.3 Å². The largest absolute Gasteiger partial charge is 0.367 e. The Hall–Kier alpha value is -1.56. The molecule has 6 heteroatoms. The molecule has 0 aromatic carbocycles. The molecule has 1 saturated carbocycles. The predicted molar refractivity (Wildman–Crippen MR) is 70.8 cm³/mol. The number of rotatable bonds is 2. The molecule has 0 bridgehead atoms. The maximum absolute atomic E-state index is 11.8. The molecule has 2 rings (SSSR count). The quantitative estimate of drug-likeness (QED) is 0.761. The Labute approximate surface area is 105 Å². The molecule has 2 atom stereocenters. The number of hydrogen-bond donors (Lipinski definition) is 2. The third-order valence-corrected chi connectivity index (χ3v) is 3.68. The predicted octanol–water partition coefficient (Wildman–Crippen LogP) is -0.234. The van der Waals surface area contributed by atoms with Crippen LogP contribution in [0.3, 0.4) is 0 Å². The molecule has 0 saturated heterocycles. The average Bonchev–Trinajstić information content (AvgIpc) is 2.36. The Balaban J connectivity index is 2.29. The second-order valence-electron chi connectivity index (χ2n) is 4.97. The van der Waals surface area contributed by atoms with Gasteiger partial charge in [-0.05, 0) is 12.8 Å². The number of anilines is 1. The van der Waals surface area contributed by atoms with E-state index in [4.69, 9.17) is 5.73 Å². The highest BCUT2D eigenvalue weighted by Gasteiger charge is 2.22. The first kappa shape index (κ1) is 12.9. The van der Waals surface area contributed by atoms with Crippen molar-refractivity contribution < 1.29 is 0 Å². The van der Waals surface area contributed by atoms with Crippen LogP contribution in [-0.2, 0) is 14.1 Å². The van der Waals surface area contributed by atoms with E-state index in [2.05, 4.69) is 5.32 Å². The summed E-state index contributed by atoms with van der Waals surface area (Å²) in [5.74, 6) is 0.547. The minimum atomic E-state index is -0.325. The van der Waals surface area contributed by atoms with Crippen LogP contribution in [0.15, 0.2) is 15.7 Å². The summed E-state index contributed by atoms with van der Waals surface area (Å²) in [7, 11) is 3.12. The normalized spacial score (nSPS) is 23.9. The number of hydrogen-bond acceptors (Lipinski definition) is 4. The molecule has 3 N–H and O–H groups in total. The number of aromatic nitrogens is 2. The molecule has 1 aliphatic carbocycles. The van der Waals surface area contributed by atoms with Crippen molar-refractivity contribution in [3.8, 4) is 0 Å². The van der Waals surface area contributed by atoms with Crippen molar-refractivity contribution in [2.75, 3.05) is 5.32 Å². The van der Waals surface area contributed by atoms with Gasteiger partial charge in [0.1, 0.15) is 5.82 Å². The highest BCUT2D eigenvalue weighted by Crippen LogP contribution is 2.19. The van der Waals surface area contributed by atoms with Crippen molar-refractivity contribution >= 4 is 5.82 Å². The van der Waals surface area contributed by atoms with Crippen LogP contribution >= 0.6 is 0 Å². The highest BCUT2D eigenvalue weighted by atomic mass is 16.2. The van der Waals surface area contributed by atoms with Crippen molar-refractivity contribution in [2.24, 2.45) is 19.8 Å². The summed E-state index contributed by atoms with van der Waals surface area (Å²) in [6.07, 6.45) is 4.24. The summed E-state index contributed by atoms with van der Waals surface area (Å²) in [5, 5.41) is 3.23. The summed E-state index contributed by atoms with van der Waals surface area (Å²) in [6, 6.07) is 1.66. The Morgan fingerprint density at radius 2 is 1.89 bits per heavy atom. The Kier molecular flexibility index (Phi) is 3.56. The smallest absolute Gasteiger partial charge is 0.332 e. The number of nitrogens with two attached hydrogens (primary N) is 1. The molecule has 18 heavy (non-hydrogen) atoms. The SMILES string of the molecule is Cn1c(NC2CCCCC2N)cc(=O)n(C)c1=O. The molecule has 1 aromatic rings. The van der Waals surface area contributed by atoms with Gasteiger partial charge in [-0.2, -0.15) is 0 Å². The minimum absolute atomic E-state index is 0.0814. The van der Waals surface area contributed by atoms with Gasteiger partial charge in [0.05, 0.1) is 0 Å². The fourth-order valence-corrected chi connectivity index (χ4v) is 2.40. The van der Waals surface area contributed by atoms with Gasteiger partial charge in [0.25, 0.3) is 5.56 Å². The summed E-state index contributed by atoms with van der Waals surface area (Å²) >= 11 is 0. The first-order valence-electron chi connectivity index (χ1n) is 6.30. The van der Waals surface area contributed by atoms with Gasteiger partial charge in [-0.1, -0.05) is 12.8 Å². The van der Waals surface area contributed by atoms with Crippen LogP contribution in [0.2, 0.25) is 0 Å². The second-order valence-corrected chi connectivity index (χ2v) is 4.97. The van der Waals surface area contributed by atoms with Crippen molar-refractivity contribution in [1.82, 2.24) is 9.13 Å². The van der Waals surface area contributed by atoms with Crippen LogP contribution < -0.4 is 22.3 Å². The lowest BCUT2D eigenvalue weighted by Gasteiger charge is -2.30. The van der Waals surface area contributed by atoms with Crippen LogP contribution in [-0.4, -0.2) is 21.2 Å². The van der Waals surface area contributed by atoms with Crippen LogP contribution in [0, 0.1) is 0 Å². The fourth-order valence-electron chi connectivity index (χ4n) is 2.40. The molecule has 6 nitrogen and oxygen atoms in total. The van der Waals surface area contributed by atoms with Crippen LogP contribution in [0.4, 0.5) is 5.82 Å². The highest BCUT2D eigenvalue weighted by molar-refractivity contribution is 5.35. The molecule has 1 heterocycles. The lowest BCUT2D eigenvalue weighted by molar-refractivity contribution is 0.402. The first-order valence-corrected chi connectivity index (χ1v) is 6.30. The van der Waals surface area contributed by atoms with Crippen molar-refractivity contribution in [3.05, 3.63) is 26.9 Å². The van der Waals surface area contributed by atoms with Crippen molar-refractivity contribution in [1.29, 1.82) is 0 Å². The molecule has 1 aliphatic rings. The molecular formula is C12H20N4O2. The molecule has 0 aliphatic heterocycles. The molecule has 0 amide bonds. The fraction of sp³-hybridized carbons (Fsp3) is 0.667. The molecule has 100 valence electrons. The van der Waals surface area contributed by atoms with E-state index in [1.807, 2.05) is 0 Å². The van der Waals surface area contributed by atoms with Crippen LogP contribution in [0.25, 0.3) is 0 Å². The zero-order valence-corrected chi connectivity index (χ0v) is 10.8. The van der Waals surface area contributed by atoms with Gasteiger partial charge in [-0.25, -0.2) is 4.79 Å². The van der Waals surface area contributed by atoms with E-state index in [1.165, 1.54) is 17.7 Å². The maximum Gasteiger partial charge on any atom is 0.332 e. The summed E-state index contributed by atoms with van der Waals surface area (Å²) in [6.45, 7) is 0. The summed E-state index contributed by atoms with van der Waals surface area (Å²) in [4.78, 5) is 23.4. The van der Waals surface area contributed by atoms with Gasteiger partial charge in [0.2, 0.25) is 0 Å². The lowest BCUT2D eigenvalue weighted by atomic mass is 9.91. The van der Waals surface area contributed by atoms with Gasteiger partial charge in [0.15, 0.2) is 0 Å². The van der Waals surface area contributed by atoms with Crippen LogP contribution in [0.1, 0.15) is 25.7 Å². The molecule has 1 fully saturated rings. The standard InChI is InChI=1S/C12H20N4O2/c1-15-10(7-11(17)16(2)12(15)18)14-9-6-4-3-5-8(9)13/h7-9,14H,3-6,13H2,1-2H3. The molecular weight excluding hydrogens is 232 g/mol. The van der Waals surface area contributed by atoms with Gasteiger partial charge in [-0.3, -0.25) is 13.9 Å². The van der Waals surface area contributed by atoms with E-state index in [9.17, 15) is 9.59 Å². The molecule has 0 spiro atoms. The molecule has 0 radical (unpaired) electrons. The van der Waals surface area contributed by atoms with E-state index < -0.39 is 0 Å². The van der Waals surface area contributed by atoms with Crippen molar-refractivity contribution in [2.45, 2.75) is 37.8 Å². The van der Waals surface area contributed by atoms with Gasteiger partial charge in [-0.15, -0.1) is 0 Å². The lowest BCUT2D eigenvalue weighted by Crippen LogP contribution is -2.45. The minimum Gasteiger partial charge on any atom is -0.367 e. The third-order valence-electron chi connectivity index (χ3n) is 3.68. The number of nitrogens with one attached hydrogen (secondary N) is 1. The second kappa shape index (κ2) is 4.97. The van der Waals surface area contributed by atoms with Crippen LogP contribution in [0.5, 0.6) is 0 Å². The van der Waals surface area contributed by atoms with Crippen molar-refractivity contribution in [3.63, 3.8) is 0 Å². The Bertz CT molecular complexity index is 546. The summed E-state index contributed by atoms with van der Waals surface area (Å²) in [5.41, 5.74) is 5.42. The third kappa shape index (κ3) is 2.33. The zero-order valence-electron chi connectivity index (χ0n) is 10.8. The van der Waals surface area contributed by atoms with E-state index in [0.29, 0.717) is 5.82 Å². The maximum atomic E-state index is 11.8. The van der Waals surface area contributed by atoms with E-state index in [0.717, 1.165) is 30.3 Å². The zero-order chi connectivity index (χ0) is 13.3. The Morgan fingerprint density at radius 1 is 1.22 bits per heavy atom. The van der Waals surface area contributed by atoms with E-state index in [1.54, 1.807) is 7.05 Å². The first-order chi connectivity index (χ1) is 8.50.